The van der Waals surface area contributed by atoms with Crippen LogP contribution < -0.4 is 5.32 Å². The van der Waals surface area contributed by atoms with Crippen LogP contribution >= 0.6 is 11.8 Å². The van der Waals surface area contributed by atoms with Crippen molar-refractivity contribution in [2.75, 3.05) is 18.8 Å². The van der Waals surface area contributed by atoms with Crippen molar-refractivity contribution in [3.63, 3.8) is 0 Å². The SMILES string of the molecule is CC(C)CNCC1CCC1CC1CSc2ccccc21. The Hall–Kier alpha value is -0.470. The number of hydrogen-bond acceptors (Lipinski definition) is 2. The summed E-state index contributed by atoms with van der Waals surface area (Å²) in [4.78, 5) is 1.53. The third-order valence-electron chi connectivity index (χ3n) is 4.92. The lowest BCUT2D eigenvalue weighted by Crippen LogP contribution is -2.37. The molecule has 3 unspecified atom stereocenters. The Morgan fingerprint density at radius 2 is 2.00 bits per heavy atom. The smallest absolute Gasteiger partial charge is 0.0107 e. The molecule has 110 valence electrons. The maximum Gasteiger partial charge on any atom is 0.0107 e. The van der Waals surface area contributed by atoms with Gasteiger partial charge in [0, 0.05) is 10.6 Å². The van der Waals surface area contributed by atoms with Crippen LogP contribution in [0.25, 0.3) is 0 Å². The Balaban J connectivity index is 1.49. The molecule has 2 heteroatoms. The molecule has 1 aliphatic heterocycles. The van der Waals surface area contributed by atoms with Crippen molar-refractivity contribution in [1.29, 1.82) is 0 Å². The van der Waals surface area contributed by atoms with Gasteiger partial charge in [-0.2, -0.15) is 0 Å². The van der Waals surface area contributed by atoms with Crippen LogP contribution in [0.1, 0.15) is 44.6 Å². The van der Waals surface area contributed by atoms with E-state index < -0.39 is 0 Å². The van der Waals surface area contributed by atoms with Crippen molar-refractivity contribution in [3.05, 3.63) is 29.8 Å². The first kappa shape index (κ1) is 14.5. The van der Waals surface area contributed by atoms with Crippen LogP contribution in [-0.2, 0) is 0 Å². The lowest BCUT2D eigenvalue weighted by Gasteiger charge is -2.38. The zero-order valence-electron chi connectivity index (χ0n) is 12.8. The van der Waals surface area contributed by atoms with E-state index in [-0.39, 0.29) is 0 Å². The normalized spacial score (nSPS) is 28.4. The second kappa shape index (κ2) is 6.53. The fourth-order valence-electron chi connectivity index (χ4n) is 3.56. The predicted octanol–water partition coefficient (Wildman–Crippen LogP) is 4.54. The molecule has 0 saturated heterocycles. The summed E-state index contributed by atoms with van der Waals surface area (Å²) in [6.45, 7) is 6.99. The summed E-state index contributed by atoms with van der Waals surface area (Å²) in [5.41, 5.74) is 1.62. The largest absolute Gasteiger partial charge is 0.316 e. The maximum absolute atomic E-state index is 3.66. The minimum atomic E-state index is 0.770. The van der Waals surface area contributed by atoms with Crippen molar-refractivity contribution in [2.24, 2.45) is 17.8 Å². The molecule has 1 saturated carbocycles. The van der Waals surface area contributed by atoms with Gasteiger partial charge in [0.2, 0.25) is 0 Å². The van der Waals surface area contributed by atoms with Gasteiger partial charge in [-0.05, 0) is 67.7 Å². The number of fused-ring (bicyclic) bond motifs is 1. The monoisotopic (exact) mass is 289 g/mol. The Labute approximate surface area is 127 Å². The predicted molar refractivity (Wildman–Crippen MR) is 88.4 cm³/mol. The molecular formula is C18H27NS. The Bertz CT molecular complexity index is 443. The molecule has 20 heavy (non-hydrogen) atoms. The molecular weight excluding hydrogens is 262 g/mol. The molecule has 1 nitrogen and oxygen atoms in total. The number of thioether (sulfide) groups is 1. The van der Waals surface area contributed by atoms with E-state index in [1.54, 1.807) is 5.56 Å². The zero-order valence-corrected chi connectivity index (χ0v) is 13.6. The number of nitrogens with one attached hydrogen (secondary N) is 1. The van der Waals surface area contributed by atoms with E-state index in [1.165, 1.54) is 43.0 Å². The Morgan fingerprint density at radius 3 is 2.75 bits per heavy atom. The van der Waals surface area contributed by atoms with E-state index >= 15 is 0 Å². The summed E-state index contributed by atoms with van der Waals surface area (Å²) in [5.74, 6) is 4.79. The number of rotatable bonds is 6. The second-order valence-corrected chi connectivity index (χ2v) is 7.99. The average molecular weight is 289 g/mol. The molecule has 1 N–H and O–H groups in total. The molecule has 0 amide bonds. The van der Waals surface area contributed by atoms with Crippen LogP contribution in [0.3, 0.4) is 0 Å². The highest BCUT2D eigenvalue weighted by Crippen LogP contribution is 2.47. The van der Waals surface area contributed by atoms with Crippen molar-refractivity contribution in [2.45, 2.75) is 43.9 Å². The lowest BCUT2D eigenvalue weighted by molar-refractivity contribution is 0.152. The summed E-state index contributed by atoms with van der Waals surface area (Å²) in [6.07, 6.45) is 4.31. The standard InChI is InChI=1S/C18H27NS/c1-13(2)10-19-11-15-8-7-14(15)9-16-12-20-18-6-4-3-5-17(16)18/h3-6,13-16,19H,7-12H2,1-2H3. The van der Waals surface area contributed by atoms with Gasteiger partial charge in [-0.15, -0.1) is 11.8 Å². The van der Waals surface area contributed by atoms with Gasteiger partial charge in [-0.3, -0.25) is 0 Å². The van der Waals surface area contributed by atoms with Crippen LogP contribution in [-0.4, -0.2) is 18.8 Å². The average Bonchev–Trinajstić information content (AvgIpc) is 2.83. The second-order valence-electron chi connectivity index (χ2n) is 6.93. The number of benzene rings is 1. The van der Waals surface area contributed by atoms with Gasteiger partial charge in [-0.1, -0.05) is 32.0 Å². The third kappa shape index (κ3) is 3.23. The first-order chi connectivity index (χ1) is 9.74. The molecule has 0 aromatic heterocycles. The van der Waals surface area contributed by atoms with Crippen LogP contribution in [0, 0.1) is 17.8 Å². The highest BCUT2D eigenvalue weighted by molar-refractivity contribution is 7.99. The van der Waals surface area contributed by atoms with Crippen molar-refractivity contribution >= 4 is 11.8 Å². The van der Waals surface area contributed by atoms with E-state index in [2.05, 4.69) is 55.2 Å². The molecule has 2 aliphatic rings. The van der Waals surface area contributed by atoms with Gasteiger partial charge in [0.15, 0.2) is 0 Å². The van der Waals surface area contributed by atoms with Crippen LogP contribution in [0.4, 0.5) is 0 Å². The lowest BCUT2D eigenvalue weighted by atomic mass is 9.69. The topological polar surface area (TPSA) is 12.0 Å². The highest BCUT2D eigenvalue weighted by Gasteiger charge is 2.34. The van der Waals surface area contributed by atoms with Gasteiger partial charge < -0.3 is 5.32 Å². The minimum Gasteiger partial charge on any atom is -0.316 e. The van der Waals surface area contributed by atoms with Crippen molar-refractivity contribution in [3.8, 4) is 0 Å². The van der Waals surface area contributed by atoms with E-state index in [9.17, 15) is 0 Å². The zero-order chi connectivity index (χ0) is 13.9. The molecule has 1 fully saturated rings. The van der Waals surface area contributed by atoms with Gasteiger partial charge >= 0.3 is 0 Å². The first-order valence-electron chi connectivity index (χ1n) is 8.16. The van der Waals surface area contributed by atoms with Gasteiger partial charge in [0.1, 0.15) is 0 Å². The number of hydrogen-bond donors (Lipinski definition) is 1. The van der Waals surface area contributed by atoms with E-state index in [0.29, 0.717) is 0 Å². The van der Waals surface area contributed by atoms with Crippen LogP contribution in [0.15, 0.2) is 29.2 Å². The van der Waals surface area contributed by atoms with E-state index in [0.717, 1.165) is 23.7 Å². The summed E-state index contributed by atoms with van der Waals surface area (Å²) in [6, 6.07) is 9.03. The molecule has 0 radical (unpaired) electrons. The van der Waals surface area contributed by atoms with Crippen molar-refractivity contribution in [1.82, 2.24) is 5.32 Å². The summed E-state index contributed by atoms with van der Waals surface area (Å²) in [7, 11) is 0. The Morgan fingerprint density at radius 1 is 1.20 bits per heavy atom. The molecule has 1 aromatic carbocycles. The minimum absolute atomic E-state index is 0.770. The molecule has 1 heterocycles. The molecule has 3 atom stereocenters. The first-order valence-corrected chi connectivity index (χ1v) is 9.15. The molecule has 1 aromatic rings. The van der Waals surface area contributed by atoms with Gasteiger partial charge in [0.05, 0.1) is 0 Å². The summed E-state index contributed by atoms with van der Waals surface area (Å²) in [5, 5.41) is 3.66. The van der Waals surface area contributed by atoms with Crippen LogP contribution in [0.2, 0.25) is 0 Å². The van der Waals surface area contributed by atoms with Crippen molar-refractivity contribution < 1.29 is 0 Å². The van der Waals surface area contributed by atoms with E-state index in [4.69, 9.17) is 0 Å². The van der Waals surface area contributed by atoms with E-state index in [1.807, 2.05) is 0 Å². The Kier molecular flexibility index (Phi) is 4.72. The molecule has 0 spiro atoms. The van der Waals surface area contributed by atoms with Gasteiger partial charge in [0.25, 0.3) is 0 Å². The fraction of sp³-hybridized carbons (Fsp3) is 0.667. The van der Waals surface area contributed by atoms with Crippen LogP contribution in [0.5, 0.6) is 0 Å². The maximum atomic E-state index is 3.66. The molecule has 1 aliphatic carbocycles. The highest BCUT2D eigenvalue weighted by atomic mass is 32.2. The third-order valence-corrected chi connectivity index (χ3v) is 6.17. The summed E-state index contributed by atoms with van der Waals surface area (Å²) < 4.78 is 0. The molecule has 3 rings (SSSR count). The van der Waals surface area contributed by atoms with Gasteiger partial charge in [-0.25, -0.2) is 0 Å². The quantitative estimate of drug-likeness (QED) is 0.825. The fourth-order valence-corrected chi connectivity index (χ4v) is 4.84. The summed E-state index contributed by atoms with van der Waals surface area (Å²) >= 11 is 2.06. The molecule has 0 bridgehead atoms.